The Hall–Kier alpha value is -3.04. The molecule has 1 aliphatic rings. The lowest BCUT2D eigenvalue weighted by atomic mass is 9.95. The van der Waals surface area contributed by atoms with E-state index in [4.69, 9.17) is 9.47 Å². The Morgan fingerprint density at radius 1 is 1.11 bits per heavy atom. The van der Waals surface area contributed by atoms with Crippen molar-refractivity contribution in [3.8, 4) is 5.75 Å². The van der Waals surface area contributed by atoms with Crippen molar-refractivity contribution in [1.82, 2.24) is 0 Å². The van der Waals surface area contributed by atoms with E-state index in [0.717, 1.165) is 50.3 Å². The number of rotatable bonds is 9. The van der Waals surface area contributed by atoms with Gasteiger partial charge >= 0.3 is 11.9 Å². The molecule has 0 radical (unpaired) electrons. The molecule has 1 aromatic rings. The van der Waals surface area contributed by atoms with Gasteiger partial charge in [0.25, 0.3) is 11.4 Å². The minimum atomic E-state index is -1.15. The third-order valence-corrected chi connectivity index (χ3v) is 4.52. The van der Waals surface area contributed by atoms with Gasteiger partial charge in [-0.3, -0.25) is 29.8 Å². The number of cyclic esters (lactones) is 1. The van der Waals surface area contributed by atoms with Gasteiger partial charge in [-0.1, -0.05) is 26.2 Å². The molecule has 0 N–H and O–H groups in total. The standard InChI is InChI=1S/C18H22N2O8/c1-2-3-4-5-6-14-7-8-16(17(21)27-14)18(22)28-15-10-12(19(23)24)9-13(11-15)20(25)26/h9-11,14,16H,2-8H2,1H3/t14-,16+/m1/s1. The molecule has 2 rings (SSSR count). The Balaban J connectivity index is 1.99. The molecule has 0 unspecified atom stereocenters. The number of nitro benzene ring substituents is 2. The van der Waals surface area contributed by atoms with Crippen molar-refractivity contribution in [2.75, 3.05) is 0 Å². The third kappa shape index (κ3) is 5.73. The average molecular weight is 394 g/mol. The first-order valence-corrected chi connectivity index (χ1v) is 9.18. The summed E-state index contributed by atoms with van der Waals surface area (Å²) in [7, 11) is 0. The second kappa shape index (κ2) is 9.77. The topological polar surface area (TPSA) is 139 Å². The fraction of sp³-hybridized carbons (Fsp3) is 0.556. The molecule has 152 valence electrons. The van der Waals surface area contributed by atoms with E-state index in [2.05, 4.69) is 6.92 Å². The van der Waals surface area contributed by atoms with Crippen LogP contribution in [0.15, 0.2) is 18.2 Å². The van der Waals surface area contributed by atoms with Crippen LogP contribution in [0.3, 0.4) is 0 Å². The van der Waals surface area contributed by atoms with Gasteiger partial charge in [0.05, 0.1) is 28.0 Å². The van der Waals surface area contributed by atoms with E-state index >= 15 is 0 Å². The second-order valence-electron chi connectivity index (χ2n) is 6.66. The smallest absolute Gasteiger partial charge is 0.325 e. The van der Waals surface area contributed by atoms with Crippen molar-refractivity contribution in [2.24, 2.45) is 5.92 Å². The molecule has 1 fully saturated rings. The van der Waals surface area contributed by atoms with Crippen molar-refractivity contribution in [1.29, 1.82) is 0 Å². The molecule has 1 aliphatic heterocycles. The molecule has 1 heterocycles. The highest BCUT2D eigenvalue weighted by Crippen LogP contribution is 2.30. The molecule has 0 aliphatic carbocycles. The zero-order valence-electron chi connectivity index (χ0n) is 15.5. The molecule has 0 bridgehead atoms. The minimum Gasteiger partial charge on any atom is -0.462 e. The van der Waals surface area contributed by atoms with Gasteiger partial charge in [-0.2, -0.15) is 0 Å². The number of carbonyl (C=O) groups excluding carboxylic acids is 2. The number of benzene rings is 1. The van der Waals surface area contributed by atoms with Gasteiger partial charge in [0.15, 0.2) is 5.92 Å². The van der Waals surface area contributed by atoms with E-state index in [-0.39, 0.29) is 18.3 Å². The highest BCUT2D eigenvalue weighted by molar-refractivity contribution is 5.96. The number of unbranched alkanes of at least 4 members (excludes halogenated alkanes) is 3. The number of carbonyl (C=O) groups is 2. The predicted molar refractivity (Wildman–Crippen MR) is 96.7 cm³/mol. The maximum absolute atomic E-state index is 12.3. The predicted octanol–water partition coefficient (Wildman–Crippen LogP) is 3.70. The summed E-state index contributed by atoms with van der Waals surface area (Å²) < 4.78 is 10.3. The zero-order valence-corrected chi connectivity index (χ0v) is 15.5. The first kappa shape index (κ1) is 21.3. The molecule has 0 saturated carbocycles. The molecule has 10 heteroatoms. The van der Waals surface area contributed by atoms with Crippen LogP contribution in [0.5, 0.6) is 5.75 Å². The Morgan fingerprint density at radius 3 is 2.29 bits per heavy atom. The molecule has 0 aromatic heterocycles. The highest BCUT2D eigenvalue weighted by atomic mass is 16.6. The maximum Gasteiger partial charge on any atom is 0.325 e. The first-order chi connectivity index (χ1) is 13.3. The molecule has 0 spiro atoms. The van der Waals surface area contributed by atoms with Crippen LogP contribution >= 0.6 is 0 Å². The lowest BCUT2D eigenvalue weighted by molar-refractivity contribution is -0.394. The summed E-state index contributed by atoms with van der Waals surface area (Å²) in [5.74, 6) is -3.15. The van der Waals surface area contributed by atoms with Gasteiger partial charge in [-0.05, 0) is 25.7 Å². The minimum absolute atomic E-state index is 0.229. The maximum atomic E-state index is 12.3. The fourth-order valence-electron chi connectivity index (χ4n) is 3.02. The summed E-state index contributed by atoms with van der Waals surface area (Å²) in [5, 5.41) is 21.8. The average Bonchev–Trinajstić information content (AvgIpc) is 2.64. The summed E-state index contributed by atoms with van der Waals surface area (Å²) in [6.45, 7) is 2.10. The number of nitrogens with zero attached hydrogens (tertiary/aromatic N) is 2. The Labute approximate surface area is 161 Å². The molecule has 2 atom stereocenters. The van der Waals surface area contributed by atoms with Crippen LogP contribution in [0.1, 0.15) is 51.9 Å². The van der Waals surface area contributed by atoms with Crippen LogP contribution in [-0.4, -0.2) is 27.9 Å². The summed E-state index contributed by atoms with van der Waals surface area (Å²) in [4.78, 5) is 44.6. The van der Waals surface area contributed by atoms with Crippen molar-refractivity contribution >= 4 is 23.3 Å². The van der Waals surface area contributed by atoms with E-state index in [1.165, 1.54) is 0 Å². The van der Waals surface area contributed by atoms with Crippen LogP contribution in [0.25, 0.3) is 0 Å². The normalized spacial score (nSPS) is 19.0. The third-order valence-electron chi connectivity index (χ3n) is 4.52. The lowest BCUT2D eigenvalue weighted by Gasteiger charge is -2.27. The number of hydrogen-bond acceptors (Lipinski definition) is 8. The van der Waals surface area contributed by atoms with Crippen LogP contribution in [0, 0.1) is 26.1 Å². The SMILES string of the molecule is CCCCCC[C@@H]1CC[C@H](C(=O)Oc2cc([N+](=O)[O-])cc([N+](=O)[O-])c2)C(=O)O1. The van der Waals surface area contributed by atoms with Crippen LogP contribution in [-0.2, 0) is 14.3 Å². The summed E-state index contributed by atoms with van der Waals surface area (Å²) in [6.07, 6.45) is 5.50. The quantitative estimate of drug-likeness (QED) is 0.154. The van der Waals surface area contributed by atoms with E-state index in [0.29, 0.717) is 6.42 Å². The van der Waals surface area contributed by atoms with Gasteiger partial charge in [-0.15, -0.1) is 0 Å². The Bertz CT molecular complexity index is 732. The molecular weight excluding hydrogens is 372 g/mol. The molecule has 1 aromatic carbocycles. The van der Waals surface area contributed by atoms with E-state index in [9.17, 15) is 29.8 Å². The molecule has 0 amide bonds. The van der Waals surface area contributed by atoms with Gasteiger partial charge in [0, 0.05) is 0 Å². The van der Waals surface area contributed by atoms with E-state index in [1.54, 1.807) is 0 Å². The van der Waals surface area contributed by atoms with Gasteiger partial charge < -0.3 is 9.47 Å². The van der Waals surface area contributed by atoms with Gasteiger partial charge in [0.2, 0.25) is 0 Å². The van der Waals surface area contributed by atoms with Crippen LogP contribution < -0.4 is 4.74 Å². The number of nitro groups is 2. The first-order valence-electron chi connectivity index (χ1n) is 9.18. The number of non-ortho nitro benzene ring substituents is 2. The summed E-state index contributed by atoms with van der Waals surface area (Å²) in [5.41, 5.74) is -1.18. The fourth-order valence-corrected chi connectivity index (χ4v) is 3.02. The summed E-state index contributed by atoms with van der Waals surface area (Å²) >= 11 is 0. The second-order valence-corrected chi connectivity index (χ2v) is 6.66. The van der Waals surface area contributed by atoms with E-state index in [1.807, 2.05) is 0 Å². The number of ether oxygens (including phenoxy) is 2. The van der Waals surface area contributed by atoms with Gasteiger partial charge in [0.1, 0.15) is 11.9 Å². The van der Waals surface area contributed by atoms with Crippen molar-refractivity contribution < 1.29 is 28.9 Å². The largest absolute Gasteiger partial charge is 0.462 e. The van der Waals surface area contributed by atoms with Crippen molar-refractivity contribution in [3.05, 3.63) is 38.4 Å². The highest BCUT2D eigenvalue weighted by Gasteiger charge is 2.37. The van der Waals surface area contributed by atoms with Crippen LogP contribution in [0.4, 0.5) is 11.4 Å². The molecule has 10 nitrogen and oxygen atoms in total. The van der Waals surface area contributed by atoms with E-state index < -0.39 is 39.1 Å². The zero-order chi connectivity index (χ0) is 20.7. The Morgan fingerprint density at radius 2 is 1.75 bits per heavy atom. The monoisotopic (exact) mass is 394 g/mol. The molecule has 1 saturated heterocycles. The summed E-state index contributed by atoms with van der Waals surface area (Å²) in [6, 6.07) is 2.56. The lowest BCUT2D eigenvalue weighted by Crippen LogP contribution is -2.37. The van der Waals surface area contributed by atoms with Gasteiger partial charge in [-0.25, -0.2) is 0 Å². The Kier molecular flexibility index (Phi) is 7.42. The van der Waals surface area contributed by atoms with Crippen molar-refractivity contribution in [2.45, 2.75) is 58.0 Å². The number of hydrogen-bond donors (Lipinski definition) is 0. The van der Waals surface area contributed by atoms with Crippen molar-refractivity contribution in [3.63, 3.8) is 0 Å². The number of esters is 2. The molecular formula is C18H22N2O8. The van der Waals surface area contributed by atoms with Crippen LogP contribution in [0.2, 0.25) is 0 Å². The molecule has 28 heavy (non-hydrogen) atoms.